The van der Waals surface area contributed by atoms with E-state index in [1.54, 1.807) is 18.5 Å². The number of hydrogen-bond acceptors (Lipinski definition) is 4. The van der Waals surface area contributed by atoms with E-state index in [2.05, 4.69) is 11.9 Å². The lowest BCUT2D eigenvalue weighted by molar-refractivity contribution is 0.0628. The van der Waals surface area contributed by atoms with Gasteiger partial charge in [-0.05, 0) is 49.9 Å². The van der Waals surface area contributed by atoms with E-state index in [1.807, 2.05) is 43.1 Å². The van der Waals surface area contributed by atoms with Crippen molar-refractivity contribution < 1.29 is 14.3 Å². The second-order valence-corrected chi connectivity index (χ2v) is 7.49. The molecule has 1 fully saturated rings. The Balaban J connectivity index is 1.74. The van der Waals surface area contributed by atoms with Gasteiger partial charge < -0.3 is 14.4 Å². The summed E-state index contributed by atoms with van der Waals surface area (Å²) in [7, 11) is 1.92. The fourth-order valence-electron chi connectivity index (χ4n) is 3.90. The molecule has 0 saturated heterocycles. The molecule has 3 rings (SSSR count). The van der Waals surface area contributed by atoms with Crippen LogP contribution in [-0.4, -0.2) is 35.5 Å². The molecule has 0 bridgehead atoms. The standard InChI is InChI=1S/C23H30N2O3/c1-4-27-22-14-19(23(26)25(3)20-10-6-5-8-17(20)2)11-12-21(22)28-16-18-9-7-13-24-15-18/h7,9,11-15,17,20H,4-6,8,10,16H2,1-3H3. The van der Waals surface area contributed by atoms with Crippen molar-refractivity contribution >= 4 is 5.91 Å². The van der Waals surface area contributed by atoms with Crippen molar-refractivity contribution in [3.63, 3.8) is 0 Å². The average molecular weight is 383 g/mol. The van der Waals surface area contributed by atoms with E-state index < -0.39 is 0 Å². The topological polar surface area (TPSA) is 51.7 Å². The molecule has 150 valence electrons. The second kappa shape index (κ2) is 9.58. The van der Waals surface area contributed by atoms with Crippen molar-refractivity contribution in [1.29, 1.82) is 0 Å². The van der Waals surface area contributed by atoms with E-state index in [-0.39, 0.29) is 5.91 Å². The van der Waals surface area contributed by atoms with Crippen molar-refractivity contribution in [2.75, 3.05) is 13.7 Å². The SMILES string of the molecule is CCOc1cc(C(=O)N(C)C2CCCCC2C)ccc1OCc1cccnc1. The summed E-state index contributed by atoms with van der Waals surface area (Å²) in [6.45, 7) is 5.08. The third-order valence-electron chi connectivity index (χ3n) is 5.49. The van der Waals surface area contributed by atoms with Crippen molar-refractivity contribution in [2.45, 2.75) is 52.2 Å². The lowest BCUT2D eigenvalue weighted by atomic mass is 9.85. The summed E-state index contributed by atoms with van der Waals surface area (Å²) in [5.74, 6) is 1.81. The molecular weight excluding hydrogens is 352 g/mol. The lowest BCUT2D eigenvalue weighted by Gasteiger charge is -2.36. The summed E-state index contributed by atoms with van der Waals surface area (Å²) in [6, 6.07) is 9.60. The van der Waals surface area contributed by atoms with Crippen molar-refractivity contribution in [1.82, 2.24) is 9.88 Å². The van der Waals surface area contributed by atoms with E-state index in [0.717, 1.165) is 12.0 Å². The Labute approximate surface area is 167 Å². The summed E-state index contributed by atoms with van der Waals surface area (Å²) in [6.07, 6.45) is 8.23. The van der Waals surface area contributed by atoms with Gasteiger partial charge in [0, 0.05) is 36.6 Å². The van der Waals surface area contributed by atoms with Gasteiger partial charge >= 0.3 is 0 Å². The van der Waals surface area contributed by atoms with Crippen molar-refractivity contribution in [3.05, 3.63) is 53.9 Å². The molecule has 1 aliphatic rings. The first-order valence-electron chi connectivity index (χ1n) is 10.2. The van der Waals surface area contributed by atoms with Crippen molar-refractivity contribution in [2.24, 2.45) is 5.92 Å². The molecule has 0 radical (unpaired) electrons. The van der Waals surface area contributed by atoms with Crippen LogP contribution in [0.5, 0.6) is 11.5 Å². The monoisotopic (exact) mass is 382 g/mol. The maximum absolute atomic E-state index is 13.1. The van der Waals surface area contributed by atoms with Crippen LogP contribution in [0.25, 0.3) is 0 Å². The number of amides is 1. The van der Waals surface area contributed by atoms with Gasteiger partial charge in [0.15, 0.2) is 11.5 Å². The molecule has 1 aromatic heterocycles. The van der Waals surface area contributed by atoms with Crippen LogP contribution >= 0.6 is 0 Å². The summed E-state index contributed by atoms with van der Waals surface area (Å²) in [5, 5.41) is 0. The Morgan fingerprint density at radius 3 is 2.71 bits per heavy atom. The largest absolute Gasteiger partial charge is 0.490 e. The zero-order valence-electron chi connectivity index (χ0n) is 17.1. The second-order valence-electron chi connectivity index (χ2n) is 7.49. The minimum absolute atomic E-state index is 0.0403. The quantitative estimate of drug-likeness (QED) is 0.696. The molecule has 0 spiro atoms. The number of ether oxygens (including phenoxy) is 2. The molecule has 28 heavy (non-hydrogen) atoms. The molecule has 1 aromatic carbocycles. The molecule has 1 heterocycles. The fourth-order valence-corrected chi connectivity index (χ4v) is 3.90. The highest BCUT2D eigenvalue weighted by Crippen LogP contribution is 2.32. The third-order valence-corrected chi connectivity index (χ3v) is 5.49. The number of benzene rings is 1. The number of nitrogens with zero attached hydrogens (tertiary/aromatic N) is 2. The fraction of sp³-hybridized carbons (Fsp3) is 0.478. The minimum atomic E-state index is 0.0403. The van der Waals surface area contributed by atoms with Crippen LogP contribution in [0.1, 0.15) is 55.5 Å². The number of pyridine rings is 1. The smallest absolute Gasteiger partial charge is 0.253 e. The molecule has 5 nitrogen and oxygen atoms in total. The molecule has 5 heteroatoms. The Morgan fingerprint density at radius 2 is 2.00 bits per heavy atom. The van der Waals surface area contributed by atoms with Crippen molar-refractivity contribution in [3.8, 4) is 11.5 Å². The third kappa shape index (κ3) is 4.83. The van der Waals surface area contributed by atoms with Crippen LogP contribution in [0.4, 0.5) is 0 Å². The highest BCUT2D eigenvalue weighted by molar-refractivity contribution is 5.95. The van der Waals surface area contributed by atoms with Gasteiger partial charge in [0.2, 0.25) is 0 Å². The van der Waals surface area contributed by atoms with Gasteiger partial charge in [0.05, 0.1) is 6.61 Å². The van der Waals surface area contributed by atoms with Gasteiger partial charge in [0.25, 0.3) is 5.91 Å². The molecule has 1 amide bonds. The zero-order valence-corrected chi connectivity index (χ0v) is 17.1. The molecule has 2 atom stereocenters. The number of hydrogen-bond donors (Lipinski definition) is 0. The van der Waals surface area contributed by atoms with Gasteiger partial charge in [-0.2, -0.15) is 0 Å². The van der Waals surface area contributed by atoms with Gasteiger partial charge in [0.1, 0.15) is 6.61 Å². The predicted octanol–water partition coefficient (Wildman–Crippen LogP) is 4.71. The summed E-state index contributed by atoms with van der Waals surface area (Å²) in [4.78, 5) is 19.1. The molecule has 0 N–H and O–H groups in total. The summed E-state index contributed by atoms with van der Waals surface area (Å²) >= 11 is 0. The lowest BCUT2D eigenvalue weighted by Crippen LogP contribution is -2.42. The van der Waals surface area contributed by atoms with Crippen LogP contribution < -0.4 is 9.47 Å². The molecule has 1 aliphatic carbocycles. The maximum Gasteiger partial charge on any atom is 0.253 e. The van der Waals surface area contributed by atoms with Crippen LogP contribution in [0.15, 0.2) is 42.7 Å². The van der Waals surface area contributed by atoms with Crippen LogP contribution in [0.2, 0.25) is 0 Å². The maximum atomic E-state index is 13.1. The number of aromatic nitrogens is 1. The van der Waals surface area contributed by atoms with E-state index >= 15 is 0 Å². The van der Waals surface area contributed by atoms with Gasteiger partial charge in [-0.25, -0.2) is 0 Å². The van der Waals surface area contributed by atoms with Gasteiger partial charge in [-0.3, -0.25) is 9.78 Å². The van der Waals surface area contributed by atoms with Gasteiger partial charge in [-0.1, -0.05) is 25.8 Å². The van der Waals surface area contributed by atoms with Gasteiger partial charge in [-0.15, -0.1) is 0 Å². The summed E-state index contributed by atoms with van der Waals surface area (Å²) in [5.41, 5.74) is 1.62. The molecular formula is C23H30N2O3. The first-order valence-corrected chi connectivity index (χ1v) is 10.2. The zero-order chi connectivity index (χ0) is 19.9. The molecule has 2 unspecified atom stereocenters. The van der Waals surface area contributed by atoms with Crippen LogP contribution in [0.3, 0.4) is 0 Å². The Morgan fingerprint density at radius 1 is 1.18 bits per heavy atom. The van der Waals surface area contributed by atoms with Crippen LogP contribution in [-0.2, 0) is 6.61 Å². The Hall–Kier alpha value is -2.56. The molecule has 1 saturated carbocycles. The normalized spacial score (nSPS) is 19.1. The highest BCUT2D eigenvalue weighted by Gasteiger charge is 2.28. The van der Waals surface area contributed by atoms with E-state index in [1.165, 1.54) is 19.3 Å². The first kappa shape index (κ1) is 20.2. The average Bonchev–Trinajstić information content (AvgIpc) is 2.73. The molecule has 0 aliphatic heterocycles. The van der Waals surface area contributed by atoms with E-state index in [4.69, 9.17) is 9.47 Å². The Bertz CT molecular complexity index is 779. The Kier molecular flexibility index (Phi) is 6.90. The van der Waals surface area contributed by atoms with E-state index in [9.17, 15) is 4.79 Å². The minimum Gasteiger partial charge on any atom is -0.490 e. The highest BCUT2D eigenvalue weighted by atomic mass is 16.5. The number of rotatable bonds is 7. The van der Waals surface area contributed by atoms with Crippen LogP contribution in [0, 0.1) is 5.92 Å². The van der Waals surface area contributed by atoms with E-state index in [0.29, 0.717) is 42.2 Å². The molecule has 2 aromatic rings. The first-order chi connectivity index (χ1) is 13.6. The predicted molar refractivity (Wildman–Crippen MR) is 110 cm³/mol. The summed E-state index contributed by atoms with van der Waals surface area (Å²) < 4.78 is 11.7. The number of carbonyl (C=O) groups is 1. The number of carbonyl (C=O) groups excluding carboxylic acids is 1.